The van der Waals surface area contributed by atoms with E-state index < -0.39 is 36.8 Å². The van der Waals surface area contributed by atoms with Crippen LogP contribution in [0.15, 0.2) is 47.4 Å². The van der Waals surface area contributed by atoms with E-state index in [0.29, 0.717) is 17.5 Å². The van der Waals surface area contributed by atoms with E-state index in [-0.39, 0.29) is 0 Å². The van der Waals surface area contributed by atoms with Crippen molar-refractivity contribution in [1.29, 1.82) is 0 Å². The zero-order valence-electron chi connectivity index (χ0n) is 13.8. The standard InChI is InChI=1S/C18H19N3O5/c22-9-13-14(23)15(24)17(26-13)21-8-11-7-12(19-16(11)20-18(21)25)6-10-4-2-1-3-5-10/h1-5,7-8,13-15,17,22-24H,6,9H2,(H,19,20,25)/t13-,14-,15+,17-/m1/s1. The lowest BCUT2D eigenvalue weighted by Gasteiger charge is -2.16. The number of rotatable bonds is 4. The largest absolute Gasteiger partial charge is 0.394 e. The van der Waals surface area contributed by atoms with Gasteiger partial charge in [0.25, 0.3) is 0 Å². The Kier molecular flexibility index (Phi) is 4.33. The van der Waals surface area contributed by atoms with Crippen molar-refractivity contribution in [2.24, 2.45) is 0 Å². The van der Waals surface area contributed by atoms with Crippen LogP contribution < -0.4 is 5.69 Å². The minimum atomic E-state index is -1.33. The molecule has 2 aromatic heterocycles. The van der Waals surface area contributed by atoms with Gasteiger partial charge < -0.3 is 25.0 Å². The Morgan fingerprint density at radius 3 is 2.65 bits per heavy atom. The van der Waals surface area contributed by atoms with E-state index in [1.807, 2.05) is 36.4 Å². The van der Waals surface area contributed by atoms with Gasteiger partial charge in [0.05, 0.1) is 6.61 Å². The predicted octanol–water partition coefficient (Wildman–Crippen LogP) is -0.0731. The quantitative estimate of drug-likeness (QED) is 0.519. The Bertz CT molecular complexity index is 968. The molecule has 4 N–H and O–H groups in total. The second-order valence-corrected chi connectivity index (χ2v) is 6.42. The van der Waals surface area contributed by atoms with E-state index in [1.165, 1.54) is 6.20 Å². The molecule has 4 atom stereocenters. The molecule has 3 heterocycles. The van der Waals surface area contributed by atoms with Gasteiger partial charge in [0, 0.05) is 23.7 Å². The summed E-state index contributed by atoms with van der Waals surface area (Å²) in [6.07, 6.45) is -2.44. The zero-order valence-corrected chi connectivity index (χ0v) is 13.8. The van der Waals surface area contributed by atoms with E-state index >= 15 is 0 Å². The first kappa shape index (κ1) is 16.9. The van der Waals surface area contributed by atoms with Gasteiger partial charge in [-0.2, -0.15) is 4.98 Å². The highest BCUT2D eigenvalue weighted by Gasteiger charge is 2.43. The van der Waals surface area contributed by atoms with Crippen molar-refractivity contribution in [2.75, 3.05) is 6.61 Å². The van der Waals surface area contributed by atoms with Crippen LogP contribution in [0.4, 0.5) is 0 Å². The summed E-state index contributed by atoms with van der Waals surface area (Å²) >= 11 is 0. The number of ether oxygens (including phenoxy) is 1. The SMILES string of the molecule is O=c1nc2[nH]c(Cc3ccccc3)cc2cn1[C@@H]1O[C@H](CO)[C@@H](O)[C@@H]1O. The maximum Gasteiger partial charge on any atom is 0.351 e. The lowest BCUT2D eigenvalue weighted by atomic mass is 10.1. The molecular formula is C18H19N3O5. The molecule has 1 saturated heterocycles. The predicted molar refractivity (Wildman–Crippen MR) is 92.6 cm³/mol. The molecule has 0 bridgehead atoms. The first-order valence-corrected chi connectivity index (χ1v) is 8.34. The average molecular weight is 357 g/mol. The van der Waals surface area contributed by atoms with Gasteiger partial charge in [-0.15, -0.1) is 0 Å². The highest BCUT2D eigenvalue weighted by atomic mass is 16.6. The molecule has 1 fully saturated rings. The molecule has 8 heteroatoms. The first-order valence-electron chi connectivity index (χ1n) is 8.34. The van der Waals surface area contributed by atoms with Gasteiger partial charge in [-0.05, 0) is 11.6 Å². The van der Waals surface area contributed by atoms with Crippen molar-refractivity contribution in [2.45, 2.75) is 31.0 Å². The van der Waals surface area contributed by atoms with E-state index in [0.717, 1.165) is 15.8 Å². The number of aromatic nitrogens is 3. The molecule has 4 rings (SSSR count). The van der Waals surface area contributed by atoms with Crippen molar-refractivity contribution in [3.05, 3.63) is 64.3 Å². The number of aliphatic hydroxyl groups excluding tert-OH is 3. The van der Waals surface area contributed by atoms with Crippen molar-refractivity contribution in [3.8, 4) is 0 Å². The van der Waals surface area contributed by atoms with Crippen molar-refractivity contribution in [1.82, 2.24) is 14.5 Å². The van der Waals surface area contributed by atoms with Crippen LogP contribution in [0.1, 0.15) is 17.5 Å². The van der Waals surface area contributed by atoms with Gasteiger partial charge in [0.15, 0.2) is 6.23 Å². The summed E-state index contributed by atoms with van der Waals surface area (Å²) in [7, 11) is 0. The van der Waals surface area contributed by atoms with Gasteiger partial charge >= 0.3 is 5.69 Å². The highest BCUT2D eigenvalue weighted by Crippen LogP contribution is 2.28. The molecule has 3 aromatic rings. The van der Waals surface area contributed by atoms with Gasteiger partial charge in [-0.25, -0.2) is 4.79 Å². The van der Waals surface area contributed by atoms with Crippen LogP contribution in [0.5, 0.6) is 0 Å². The Hall–Kier alpha value is -2.52. The average Bonchev–Trinajstić information content (AvgIpc) is 3.15. The molecule has 0 amide bonds. The third-order valence-electron chi connectivity index (χ3n) is 4.62. The number of nitrogens with one attached hydrogen (secondary N) is 1. The van der Waals surface area contributed by atoms with Crippen LogP contribution in [0, 0.1) is 0 Å². The number of hydrogen-bond acceptors (Lipinski definition) is 6. The minimum absolute atomic E-state index is 0.448. The Balaban J connectivity index is 1.67. The number of hydrogen-bond donors (Lipinski definition) is 4. The maximum absolute atomic E-state index is 12.3. The summed E-state index contributed by atoms with van der Waals surface area (Å²) in [6.45, 7) is -0.454. The van der Waals surface area contributed by atoms with E-state index in [9.17, 15) is 20.1 Å². The first-order chi connectivity index (χ1) is 12.6. The number of aliphatic hydroxyl groups is 3. The van der Waals surface area contributed by atoms with E-state index in [1.54, 1.807) is 0 Å². The molecular weight excluding hydrogens is 338 g/mol. The minimum Gasteiger partial charge on any atom is -0.394 e. The van der Waals surface area contributed by atoms with Crippen molar-refractivity contribution in [3.63, 3.8) is 0 Å². The molecule has 0 spiro atoms. The monoisotopic (exact) mass is 357 g/mol. The van der Waals surface area contributed by atoms with Crippen molar-refractivity contribution < 1.29 is 20.1 Å². The molecule has 1 aliphatic heterocycles. The Morgan fingerprint density at radius 1 is 1.19 bits per heavy atom. The van der Waals surface area contributed by atoms with Crippen LogP contribution in [-0.2, 0) is 11.2 Å². The molecule has 8 nitrogen and oxygen atoms in total. The summed E-state index contributed by atoms with van der Waals surface area (Å²) in [6, 6.07) is 11.8. The van der Waals surface area contributed by atoms with Crippen molar-refractivity contribution >= 4 is 11.0 Å². The fourth-order valence-corrected chi connectivity index (χ4v) is 3.27. The number of H-pyrrole nitrogens is 1. The fourth-order valence-electron chi connectivity index (χ4n) is 3.27. The molecule has 26 heavy (non-hydrogen) atoms. The topological polar surface area (TPSA) is 121 Å². The van der Waals surface area contributed by atoms with Gasteiger partial charge in [0.1, 0.15) is 24.0 Å². The molecule has 1 aromatic carbocycles. The second-order valence-electron chi connectivity index (χ2n) is 6.42. The van der Waals surface area contributed by atoms with Gasteiger partial charge in [0.2, 0.25) is 0 Å². The van der Waals surface area contributed by atoms with Gasteiger partial charge in [-0.3, -0.25) is 4.57 Å². The molecule has 0 unspecified atom stereocenters. The number of fused-ring (bicyclic) bond motifs is 1. The molecule has 136 valence electrons. The van der Waals surface area contributed by atoms with E-state index in [4.69, 9.17) is 4.74 Å². The summed E-state index contributed by atoms with van der Waals surface area (Å²) < 4.78 is 6.56. The number of benzene rings is 1. The summed E-state index contributed by atoms with van der Waals surface area (Å²) in [5, 5.41) is 29.9. The normalized spacial score (nSPS) is 25.8. The maximum atomic E-state index is 12.3. The second kappa shape index (κ2) is 6.65. The Morgan fingerprint density at radius 2 is 1.96 bits per heavy atom. The smallest absolute Gasteiger partial charge is 0.351 e. The van der Waals surface area contributed by atoms with Crippen LogP contribution in [-0.4, -0.2) is 54.8 Å². The fraction of sp³-hybridized carbons (Fsp3) is 0.333. The highest BCUT2D eigenvalue weighted by molar-refractivity contribution is 5.75. The lowest BCUT2D eigenvalue weighted by Crippen LogP contribution is -2.35. The van der Waals surface area contributed by atoms with Crippen LogP contribution in [0.25, 0.3) is 11.0 Å². The van der Waals surface area contributed by atoms with Crippen LogP contribution in [0.2, 0.25) is 0 Å². The lowest BCUT2D eigenvalue weighted by molar-refractivity contribution is -0.0547. The molecule has 0 radical (unpaired) electrons. The summed E-state index contributed by atoms with van der Waals surface area (Å²) in [5.74, 6) is 0. The molecule has 0 saturated carbocycles. The van der Waals surface area contributed by atoms with Crippen LogP contribution in [0.3, 0.4) is 0 Å². The van der Waals surface area contributed by atoms with Gasteiger partial charge in [-0.1, -0.05) is 30.3 Å². The summed E-state index contributed by atoms with van der Waals surface area (Å²) in [5.41, 5.74) is 1.86. The Labute approximate surface area is 148 Å². The summed E-state index contributed by atoms with van der Waals surface area (Å²) in [4.78, 5) is 19.5. The molecule has 1 aliphatic rings. The van der Waals surface area contributed by atoms with E-state index in [2.05, 4.69) is 9.97 Å². The third kappa shape index (κ3) is 2.93. The third-order valence-corrected chi connectivity index (χ3v) is 4.62. The molecule has 0 aliphatic carbocycles. The van der Waals surface area contributed by atoms with Crippen LogP contribution >= 0.6 is 0 Å². The number of nitrogens with zero attached hydrogens (tertiary/aromatic N) is 2. The zero-order chi connectivity index (χ0) is 18.3. The number of aromatic amines is 1.